The quantitative estimate of drug-likeness (QED) is 0.449. The zero-order valence-electron chi connectivity index (χ0n) is 14.8. The first-order valence-electron chi connectivity index (χ1n) is 8.58. The molecule has 8 nitrogen and oxygen atoms in total. The predicted molar refractivity (Wildman–Crippen MR) is 111 cm³/mol. The van der Waals surface area contributed by atoms with E-state index in [1.165, 1.54) is 0 Å². The van der Waals surface area contributed by atoms with Crippen LogP contribution in [0.15, 0.2) is 6.33 Å². The maximum absolute atomic E-state index is 10.8. The molecule has 2 aliphatic carbocycles. The molecule has 0 aliphatic heterocycles. The molecule has 148 valence electrons. The first-order valence-corrected chi connectivity index (χ1v) is 13.7. The Labute approximate surface area is 170 Å². The van der Waals surface area contributed by atoms with Crippen molar-refractivity contribution in [2.24, 2.45) is 11.3 Å². The van der Waals surface area contributed by atoms with Gasteiger partial charge in [-0.15, -0.1) is 0 Å². The number of anilines is 1. The van der Waals surface area contributed by atoms with E-state index >= 15 is 0 Å². The summed E-state index contributed by atoms with van der Waals surface area (Å²) in [5.41, 5.74) is 4.46. The summed E-state index contributed by atoms with van der Waals surface area (Å²) < 4.78 is 7.45. The highest BCUT2D eigenvalue weighted by Gasteiger charge is 2.71. The van der Waals surface area contributed by atoms with Crippen LogP contribution in [-0.2, 0) is 16.3 Å². The summed E-state index contributed by atoms with van der Waals surface area (Å²) in [6, 6.07) is -0.349. The molecule has 2 heterocycles. The van der Waals surface area contributed by atoms with E-state index in [0.717, 1.165) is 6.42 Å². The molecule has 4 N–H and O–H groups in total. The fourth-order valence-electron chi connectivity index (χ4n) is 4.16. The summed E-state index contributed by atoms with van der Waals surface area (Å²) in [6.45, 7) is 4.45. The Morgan fingerprint density at radius 3 is 2.96 bits per heavy atom. The van der Waals surface area contributed by atoms with E-state index < -0.39 is 17.7 Å². The number of aliphatic hydroxyl groups excluding tert-OH is 2. The van der Waals surface area contributed by atoms with Crippen LogP contribution >= 0.6 is 28.4 Å². The number of nitrogen functional groups attached to an aromatic ring is 1. The summed E-state index contributed by atoms with van der Waals surface area (Å²) >= 11 is 13.1. The van der Waals surface area contributed by atoms with Gasteiger partial charge in [-0.05, 0) is 37.5 Å². The van der Waals surface area contributed by atoms with Gasteiger partial charge in [0.1, 0.15) is 17.1 Å². The Bertz CT molecular complexity index is 946. The van der Waals surface area contributed by atoms with Crippen LogP contribution in [0.4, 0.5) is 5.82 Å². The molecule has 0 amide bonds. The number of hydrogen-bond donors (Lipinski definition) is 3. The Morgan fingerprint density at radius 2 is 2.26 bits per heavy atom. The summed E-state index contributed by atoms with van der Waals surface area (Å²) in [6.07, 6.45) is 0.610. The van der Waals surface area contributed by atoms with Crippen molar-refractivity contribution in [1.82, 2.24) is 19.5 Å². The molecule has 2 fully saturated rings. The van der Waals surface area contributed by atoms with E-state index in [0.29, 0.717) is 23.5 Å². The fraction of sp³-hybridized carbons (Fsp3) is 0.667. The molecular weight excluding hydrogens is 429 g/mol. The molecule has 2 aliphatic rings. The molecule has 0 aromatic carbocycles. The molecule has 0 saturated heterocycles. The van der Waals surface area contributed by atoms with Crippen LogP contribution in [0.25, 0.3) is 11.2 Å². The minimum absolute atomic E-state index is 0.0239. The number of rotatable bonds is 6. The summed E-state index contributed by atoms with van der Waals surface area (Å²) in [4.78, 5) is 12.4. The third kappa shape index (κ3) is 3.19. The Hall–Kier alpha value is -0.480. The molecule has 0 bridgehead atoms. The average molecular weight is 450 g/mol. The topological polar surface area (TPSA) is 119 Å². The van der Waals surface area contributed by atoms with Gasteiger partial charge < -0.3 is 25.0 Å². The highest BCUT2D eigenvalue weighted by atomic mass is 35.5. The highest BCUT2D eigenvalue weighted by Crippen LogP contribution is 2.71. The maximum atomic E-state index is 10.8. The number of hydrogen-bond acceptors (Lipinski definition) is 9. The fourth-order valence-corrected chi connectivity index (χ4v) is 8.61. The van der Waals surface area contributed by atoms with Gasteiger partial charge in [0.25, 0.3) is 0 Å². The highest BCUT2D eigenvalue weighted by molar-refractivity contribution is 8.69. The number of aliphatic hydroxyl groups is 2. The molecule has 0 radical (unpaired) electrons. The summed E-state index contributed by atoms with van der Waals surface area (Å²) in [5, 5.41) is 21.6. The van der Waals surface area contributed by atoms with Gasteiger partial charge in [-0.2, -0.15) is 9.97 Å². The van der Waals surface area contributed by atoms with Gasteiger partial charge in [0.15, 0.2) is 11.5 Å². The van der Waals surface area contributed by atoms with Crippen LogP contribution < -0.4 is 5.73 Å². The second-order valence-corrected chi connectivity index (χ2v) is 15.5. The second kappa shape index (κ2) is 6.79. The minimum atomic E-state index is -1.96. The third-order valence-electron chi connectivity index (χ3n) is 5.53. The molecule has 2 aromatic heterocycles. The molecule has 0 spiro atoms. The van der Waals surface area contributed by atoms with Crippen LogP contribution in [0.1, 0.15) is 19.4 Å². The van der Waals surface area contributed by atoms with Crippen LogP contribution in [0.5, 0.6) is 0 Å². The van der Waals surface area contributed by atoms with Gasteiger partial charge in [-0.1, -0.05) is 23.2 Å². The standard InChI is InChI=1S/C15H21ClN5O3PS2/c1-3-24-25(2,26)27-5-15-4-7(15)9(10(22)11(15)23)21-6-18-8-12(17)19-14(16)20-13(8)21/h6-7,9-11,22-23H,3-5H2,1-2H3,(H2,17,19,20)/t7-,9-,10+,11+,15+,25?/m1/s1. The molecule has 6 atom stereocenters. The van der Waals surface area contributed by atoms with E-state index in [-0.39, 0.29) is 28.5 Å². The van der Waals surface area contributed by atoms with E-state index in [1.807, 2.05) is 13.6 Å². The Morgan fingerprint density at radius 1 is 1.52 bits per heavy atom. The van der Waals surface area contributed by atoms with E-state index in [4.69, 9.17) is 33.7 Å². The lowest BCUT2D eigenvalue weighted by Gasteiger charge is -2.25. The predicted octanol–water partition coefficient (Wildman–Crippen LogP) is 2.05. The normalized spacial score (nSPS) is 34.6. The molecule has 4 rings (SSSR count). The third-order valence-corrected chi connectivity index (χ3v) is 10.9. The Balaban J connectivity index is 1.63. The number of fused-ring (bicyclic) bond motifs is 2. The summed E-state index contributed by atoms with van der Waals surface area (Å²) in [5.74, 6) is 0.946. The SMILES string of the molecule is CCOP(C)(=S)SC[C@@]12C[C@@H]1[C@@H](n1cnc3c(N)nc(Cl)nc31)[C@H](O)[C@@H]2O. The molecule has 2 saturated carbocycles. The van der Waals surface area contributed by atoms with Crippen LogP contribution in [0.2, 0.25) is 5.28 Å². The van der Waals surface area contributed by atoms with E-state index in [1.54, 1.807) is 22.3 Å². The second-order valence-electron chi connectivity index (χ2n) is 7.13. The lowest BCUT2D eigenvalue weighted by Crippen LogP contribution is -2.35. The van der Waals surface area contributed by atoms with Gasteiger partial charge in [0.2, 0.25) is 5.28 Å². The average Bonchev–Trinajstić information content (AvgIpc) is 3.09. The first-order chi connectivity index (χ1) is 12.7. The zero-order valence-corrected chi connectivity index (χ0v) is 18.1. The van der Waals surface area contributed by atoms with Crippen LogP contribution in [0, 0.1) is 11.3 Å². The van der Waals surface area contributed by atoms with E-state index in [2.05, 4.69) is 15.0 Å². The monoisotopic (exact) mass is 449 g/mol. The van der Waals surface area contributed by atoms with Crippen molar-refractivity contribution in [3.05, 3.63) is 11.6 Å². The van der Waals surface area contributed by atoms with Gasteiger partial charge in [-0.25, -0.2) is 4.98 Å². The van der Waals surface area contributed by atoms with Crippen molar-refractivity contribution in [3.8, 4) is 0 Å². The van der Waals surface area contributed by atoms with Gasteiger partial charge in [-0.3, -0.25) is 0 Å². The van der Waals surface area contributed by atoms with E-state index in [9.17, 15) is 10.2 Å². The lowest BCUT2D eigenvalue weighted by atomic mass is 10.0. The van der Waals surface area contributed by atoms with Crippen molar-refractivity contribution in [1.29, 1.82) is 0 Å². The largest absolute Gasteiger partial charge is 0.390 e. The number of nitrogens with zero attached hydrogens (tertiary/aromatic N) is 4. The number of nitrogens with two attached hydrogens (primary N) is 1. The molecular formula is C15H21ClN5O3PS2. The van der Waals surface area contributed by atoms with Crippen molar-refractivity contribution in [2.75, 3.05) is 24.8 Å². The summed E-state index contributed by atoms with van der Waals surface area (Å²) in [7, 11) is 0. The number of imidazole rings is 1. The first kappa shape index (κ1) is 19.8. The smallest absolute Gasteiger partial charge is 0.226 e. The number of aromatic nitrogens is 4. The number of halogens is 1. The molecule has 27 heavy (non-hydrogen) atoms. The van der Waals surface area contributed by atoms with Gasteiger partial charge in [0.05, 0.1) is 18.5 Å². The van der Waals surface area contributed by atoms with Crippen LogP contribution in [0.3, 0.4) is 0 Å². The van der Waals surface area contributed by atoms with Crippen molar-refractivity contribution >= 4 is 57.2 Å². The van der Waals surface area contributed by atoms with Crippen molar-refractivity contribution in [2.45, 2.75) is 31.6 Å². The van der Waals surface area contributed by atoms with Crippen molar-refractivity contribution < 1.29 is 14.7 Å². The molecule has 1 unspecified atom stereocenters. The van der Waals surface area contributed by atoms with Gasteiger partial charge >= 0.3 is 0 Å². The van der Waals surface area contributed by atoms with Crippen LogP contribution in [-0.4, -0.2) is 61.0 Å². The zero-order chi connectivity index (χ0) is 19.6. The molecule has 2 aromatic rings. The minimum Gasteiger partial charge on any atom is -0.390 e. The van der Waals surface area contributed by atoms with Crippen molar-refractivity contribution in [3.63, 3.8) is 0 Å². The maximum Gasteiger partial charge on any atom is 0.226 e. The van der Waals surface area contributed by atoms with Gasteiger partial charge in [0, 0.05) is 17.8 Å². The molecule has 12 heteroatoms. The Kier molecular flexibility index (Phi) is 4.99. The lowest BCUT2D eigenvalue weighted by molar-refractivity contribution is -0.0126.